The van der Waals surface area contributed by atoms with E-state index < -0.39 is 5.82 Å². The number of amides is 1. The van der Waals surface area contributed by atoms with Crippen molar-refractivity contribution in [3.63, 3.8) is 0 Å². The van der Waals surface area contributed by atoms with Gasteiger partial charge < -0.3 is 5.32 Å². The van der Waals surface area contributed by atoms with Crippen LogP contribution < -0.4 is 5.32 Å². The third kappa shape index (κ3) is 3.66. The molecule has 0 atom stereocenters. The molecule has 1 amide bonds. The number of carbonyl (C=O) groups is 1. The Morgan fingerprint density at radius 3 is 2.94 bits per heavy atom. The predicted octanol–water partition coefficient (Wildman–Crippen LogP) is 3.18. The van der Waals surface area contributed by atoms with Crippen LogP contribution in [-0.4, -0.2) is 12.5 Å². The zero-order chi connectivity index (χ0) is 12.0. The summed E-state index contributed by atoms with van der Waals surface area (Å²) in [5, 5.41) is 2.67. The molecule has 0 radical (unpaired) electrons. The average molecular weight is 242 g/mol. The second-order valence-electron chi connectivity index (χ2n) is 3.24. The SMILES string of the molecule is C/C=C/CCNC(=O)c1ccc(F)c(Cl)c1. The summed E-state index contributed by atoms with van der Waals surface area (Å²) in [6.07, 6.45) is 4.65. The molecule has 0 fully saturated rings. The van der Waals surface area contributed by atoms with Crippen molar-refractivity contribution in [3.05, 3.63) is 46.8 Å². The summed E-state index contributed by atoms with van der Waals surface area (Å²) in [5.41, 5.74) is 0.367. The van der Waals surface area contributed by atoms with Gasteiger partial charge in [0.15, 0.2) is 0 Å². The second-order valence-corrected chi connectivity index (χ2v) is 3.65. The summed E-state index contributed by atoms with van der Waals surface area (Å²) in [6.45, 7) is 2.47. The fraction of sp³-hybridized carbons (Fsp3) is 0.250. The molecule has 86 valence electrons. The normalized spacial score (nSPS) is 10.7. The van der Waals surface area contributed by atoms with E-state index in [0.717, 1.165) is 6.42 Å². The first kappa shape index (κ1) is 12.7. The molecule has 0 aromatic heterocycles. The first-order valence-electron chi connectivity index (χ1n) is 4.99. The number of hydrogen-bond donors (Lipinski definition) is 1. The Morgan fingerprint density at radius 1 is 1.56 bits per heavy atom. The smallest absolute Gasteiger partial charge is 0.251 e. The van der Waals surface area contributed by atoms with Crippen LogP contribution in [0.1, 0.15) is 23.7 Å². The van der Waals surface area contributed by atoms with Crippen LogP contribution in [0.3, 0.4) is 0 Å². The minimum Gasteiger partial charge on any atom is -0.352 e. The molecule has 0 bridgehead atoms. The number of allylic oxidation sites excluding steroid dienone is 1. The number of rotatable bonds is 4. The van der Waals surface area contributed by atoms with Crippen molar-refractivity contribution in [2.75, 3.05) is 6.54 Å². The predicted molar refractivity (Wildman–Crippen MR) is 63.2 cm³/mol. The summed E-state index contributed by atoms with van der Waals surface area (Å²) >= 11 is 5.58. The molecule has 0 heterocycles. The van der Waals surface area contributed by atoms with Crippen molar-refractivity contribution in [3.8, 4) is 0 Å². The summed E-state index contributed by atoms with van der Waals surface area (Å²) in [4.78, 5) is 11.6. The topological polar surface area (TPSA) is 29.1 Å². The lowest BCUT2D eigenvalue weighted by Gasteiger charge is -2.04. The van der Waals surface area contributed by atoms with E-state index >= 15 is 0 Å². The maximum atomic E-state index is 12.8. The molecule has 0 aliphatic carbocycles. The Morgan fingerprint density at radius 2 is 2.31 bits per heavy atom. The van der Waals surface area contributed by atoms with E-state index in [1.54, 1.807) is 0 Å². The number of benzene rings is 1. The molecule has 1 rings (SSSR count). The van der Waals surface area contributed by atoms with E-state index in [9.17, 15) is 9.18 Å². The number of nitrogens with one attached hydrogen (secondary N) is 1. The molecular formula is C12H13ClFNO. The largest absolute Gasteiger partial charge is 0.352 e. The Balaban J connectivity index is 2.56. The standard InChI is InChI=1S/C12H13ClFNO/c1-2-3-4-7-15-12(16)9-5-6-11(14)10(13)8-9/h2-3,5-6,8H,4,7H2,1H3,(H,15,16)/b3-2+. The summed E-state index contributed by atoms with van der Waals surface area (Å²) in [7, 11) is 0. The molecule has 0 aliphatic heterocycles. The highest BCUT2D eigenvalue weighted by molar-refractivity contribution is 6.31. The highest BCUT2D eigenvalue weighted by atomic mass is 35.5. The molecule has 2 nitrogen and oxygen atoms in total. The van der Waals surface area contributed by atoms with Gasteiger partial charge in [0.1, 0.15) is 5.82 Å². The Bertz CT molecular complexity index is 404. The number of halogens is 2. The van der Waals surface area contributed by atoms with Crippen LogP contribution in [0.4, 0.5) is 4.39 Å². The molecule has 1 aromatic carbocycles. The number of carbonyl (C=O) groups excluding carboxylic acids is 1. The van der Waals surface area contributed by atoms with Crippen LogP contribution in [0.15, 0.2) is 30.4 Å². The van der Waals surface area contributed by atoms with Gasteiger partial charge in [0.05, 0.1) is 5.02 Å². The maximum Gasteiger partial charge on any atom is 0.251 e. The molecule has 0 spiro atoms. The zero-order valence-electron chi connectivity index (χ0n) is 8.97. The van der Waals surface area contributed by atoms with Crippen LogP contribution in [0, 0.1) is 5.82 Å². The average Bonchev–Trinajstić information content (AvgIpc) is 2.28. The van der Waals surface area contributed by atoms with E-state index in [0.29, 0.717) is 12.1 Å². The first-order chi connectivity index (χ1) is 7.65. The van der Waals surface area contributed by atoms with Gasteiger partial charge in [0.25, 0.3) is 5.91 Å². The molecular weight excluding hydrogens is 229 g/mol. The summed E-state index contributed by atoms with van der Waals surface area (Å²) in [5.74, 6) is -0.765. The molecule has 0 saturated heterocycles. The van der Waals surface area contributed by atoms with Crippen molar-refractivity contribution < 1.29 is 9.18 Å². The molecule has 0 saturated carbocycles. The van der Waals surface area contributed by atoms with E-state index in [4.69, 9.17) is 11.6 Å². The summed E-state index contributed by atoms with van der Waals surface area (Å²) in [6, 6.07) is 3.91. The van der Waals surface area contributed by atoms with Crippen LogP contribution in [0.2, 0.25) is 5.02 Å². The highest BCUT2D eigenvalue weighted by Crippen LogP contribution is 2.15. The van der Waals surface area contributed by atoms with E-state index in [-0.39, 0.29) is 10.9 Å². The van der Waals surface area contributed by atoms with Crippen LogP contribution in [-0.2, 0) is 0 Å². The van der Waals surface area contributed by atoms with Crippen molar-refractivity contribution in [1.82, 2.24) is 5.32 Å². The molecule has 1 N–H and O–H groups in total. The zero-order valence-corrected chi connectivity index (χ0v) is 9.72. The van der Waals surface area contributed by atoms with Gasteiger partial charge in [0, 0.05) is 12.1 Å². The quantitative estimate of drug-likeness (QED) is 0.637. The van der Waals surface area contributed by atoms with Gasteiger partial charge in [-0.1, -0.05) is 23.8 Å². The minimum atomic E-state index is -0.521. The fourth-order valence-corrected chi connectivity index (χ4v) is 1.36. The van der Waals surface area contributed by atoms with Crippen molar-refractivity contribution in [1.29, 1.82) is 0 Å². The van der Waals surface area contributed by atoms with Gasteiger partial charge in [-0.05, 0) is 31.5 Å². The highest BCUT2D eigenvalue weighted by Gasteiger charge is 2.07. The van der Waals surface area contributed by atoms with Gasteiger partial charge >= 0.3 is 0 Å². The summed E-state index contributed by atoms with van der Waals surface area (Å²) < 4.78 is 12.8. The fourth-order valence-electron chi connectivity index (χ4n) is 1.18. The molecule has 0 unspecified atom stereocenters. The van der Waals surface area contributed by atoms with Crippen molar-refractivity contribution in [2.24, 2.45) is 0 Å². The van der Waals surface area contributed by atoms with Gasteiger partial charge in [-0.15, -0.1) is 0 Å². The van der Waals surface area contributed by atoms with Gasteiger partial charge in [-0.2, -0.15) is 0 Å². The van der Waals surface area contributed by atoms with E-state index in [2.05, 4.69) is 5.32 Å². The Labute approximate surface area is 99.1 Å². The third-order valence-electron chi connectivity index (χ3n) is 2.01. The molecule has 0 aliphatic rings. The van der Waals surface area contributed by atoms with E-state index in [1.807, 2.05) is 19.1 Å². The lowest BCUT2D eigenvalue weighted by Crippen LogP contribution is -2.24. The van der Waals surface area contributed by atoms with Crippen LogP contribution >= 0.6 is 11.6 Å². The molecule has 1 aromatic rings. The lowest BCUT2D eigenvalue weighted by molar-refractivity contribution is 0.0954. The molecule has 16 heavy (non-hydrogen) atoms. The maximum absolute atomic E-state index is 12.8. The van der Waals surface area contributed by atoms with Gasteiger partial charge in [-0.3, -0.25) is 4.79 Å². The van der Waals surface area contributed by atoms with Crippen molar-refractivity contribution in [2.45, 2.75) is 13.3 Å². The van der Waals surface area contributed by atoms with Gasteiger partial charge in [-0.25, -0.2) is 4.39 Å². The minimum absolute atomic E-state index is 0.0406. The lowest BCUT2D eigenvalue weighted by atomic mass is 10.2. The van der Waals surface area contributed by atoms with E-state index in [1.165, 1.54) is 18.2 Å². The van der Waals surface area contributed by atoms with Gasteiger partial charge in [0.2, 0.25) is 0 Å². The van der Waals surface area contributed by atoms with Crippen molar-refractivity contribution >= 4 is 17.5 Å². The Hall–Kier alpha value is -1.35. The first-order valence-corrected chi connectivity index (χ1v) is 5.37. The van der Waals surface area contributed by atoms with Crippen LogP contribution in [0.25, 0.3) is 0 Å². The monoisotopic (exact) mass is 241 g/mol. The third-order valence-corrected chi connectivity index (χ3v) is 2.30. The second kappa shape index (κ2) is 6.28. The number of hydrogen-bond acceptors (Lipinski definition) is 1. The van der Waals surface area contributed by atoms with Crippen LogP contribution in [0.5, 0.6) is 0 Å². The Kier molecular flexibility index (Phi) is 4.99. The molecule has 4 heteroatoms.